The summed E-state index contributed by atoms with van der Waals surface area (Å²) in [6.45, 7) is 0. The van der Waals surface area contributed by atoms with Crippen LogP contribution in [0.5, 0.6) is 0 Å². The van der Waals surface area contributed by atoms with Crippen LogP contribution in [0.15, 0.2) is 54.6 Å². The lowest BCUT2D eigenvalue weighted by Gasteiger charge is -2.19. The Balaban J connectivity index is 1.88. The number of aromatic nitrogens is 1. The summed E-state index contributed by atoms with van der Waals surface area (Å²) in [4.78, 5) is 4.86. The molecule has 1 heterocycles. The minimum Gasteiger partial charge on any atom is -0.398 e. The number of para-hydroxylation sites is 2. The molecule has 1 aliphatic carbocycles. The van der Waals surface area contributed by atoms with E-state index < -0.39 is 0 Å². The van der Waals surface area contributed by atoms with E-state index in [0.717, 1.165) is 36.0 Å². The maximum absolute atomic E-state index is 6.09. The molecule has 22 heavy (non-hydrogen) atoms. The van der Waals surface area contributed by atoms with Crippen LogP contribution in [0.25, 0.3) is 22.6 Å². The highest BCUT2D eigenvalue weighted by atomic mass is 14.7. The Morgan fingerprint density at radius 1 is 0.955 bits per heavy atom. The number of hydrogen-bond donors (Lipinski definition) is 1. The number of nitrogens with zero attached hydrogens (tertiary/aromatic N) is 1. The van der Waals surface area contributed by atoms with Crippen molar-refractivity contribution in [1.29, 1.82) is 0 Å². The summed E-state index contributed by atoms with van der Waals surface area (Å²) in [7, 11) is 0. The highest BCUT2D eigenvalue weighted by molar-refractivity contribution is 5.90. The summed E-state index contributed by atoms with van der Waals surface area (Å²) >= 11 is 0. The predicted molar refractivity (Wildman–Crippen MR) is 93.4 cm³/mol. The SMILES string of the molecule is Nc1ccccc1/C=C1/CCCc2nc3ccccc3cc21. The molecule has 2 N–H and O–H groups in total. The van der Waals surface area contributed by atoms with E-state index in [1.54, 1.807) is 0 Å². The largest absolute Gasteiger partial charge is 0.398 e. The molecule has 2 heteroatoms. The van der Waals surface area contributed by atoms with E-state index in [-0.39, 0.29) is 0 Å². The first-order chi connectivity index (χ1) is 10.8. The third kappa shape index (κ3) is 2.27. The van der Waals surface area contributed by atoms with Gasteiger partial charge in [0.05, 0.1) is 5.52 Å². The van der Waals surface area contributed by atoms with E-state index in [1.165, 1.54) is 22.2 Å². The third-order valence-corrected chi connectivity index (χ3v) is 4.33. The molecule has 0 radical (unpaired) electrons. The predicted octanol–water partition coefficient (Wildman–Crippen LogP) is 4.69. The van der Waals surface area contributed by atoms with Crippen LogP contribution in [0.2, 0.25) is 0 Å². The van der Waals surface area contributed by atoms with Gasteiger partial charge in [0.1, 0.15) is 0 Å². The molecular weight excluding hydrogens is 268 g/mol. The van der Waals surface area contributed by atoms with Gasteiger partial charge < -0.3 is 5.73 Å². The highest BCUT2D eigenvalue weighted by Crippen LogP contribution is 2.34. The van der Waals surface area contributed by atoms with Crippen LogP contribution in [0.1, 0.15) is 29.7 Å². The number of hydrogen-bond acceptors (Lipinski definition) is 2. The molecule has 1 aliphatic rings. The molecule has 0 saturated carbocycles. The van der Waals surface area contributed by atoms with Gasteiger partial charge in [-0.2, -0.15) is 0 Å². The van der Waals surface area contributed by atoms with Crippen LogP contribution in [0.4, 0.5) is 5.69 Å². The van der Waals surface area contributed by atoms with Crippen LogP contribution in [0, 0.1) is 0 Å². The fraction of sp³-hybridized carbons (Fsp3) is 0.150. The van der Waals surface area contributed by atoms with Crippen molar-refractivity contribution in [3.63, 3.8) is 0 Å². The van der Waals surface area contributed by atoms with Crippen LogP contribution in [0.3, 0.4) is 0 Å². The van der Waals surface area contributed by atoms with Gasteiger partial charge >= 0.3 is 0 Å². The minimum absolute atomic E-state index is 0.830. The van der Waals surface area contributed by atoms with Crippen molar-refractivity contribution in [1.82, 2.24) is 4.98 Å². The molecule has 0 aliphatic heterocycles. The van der Waals surface area contributed by atoms with Crippen LogP contribution in [-0.2, 0) is 6.42 Å². The number of allylic oxidation sites excluding steroid dienone is 1. The normalized spacial score (nSPS) is 15.9. The number of anilines is 1. The number of pyridine rings is 1. The Kier molecular flexibility index (Phi) is 3.15. The quantitative estimate of drug-likeness (QED) is 0.659. The van der Waals surface area contributed by atoms with E-state index in [4.69, 9.17) is 10.7 Å². The van der Waals surface area contributed by atoms with E-state index in [1.807, 2.05) is 24.3 Å². The Bertz CT molecular complexity index is 878. The Hall–Kier alpha value is -2.61. The van der Waals surface area contributed by atoms with E-state index in [9.17, 15) is 0 Å². The lowest BCUT2D eigenvalue weighted by Crippen LogP contribution is -2.05. The van der Waals surface area contributed by atoms with Crippen molar-refractivity contribution in [2.24, 2.45) is 0 Å². The first-order valence-corrected chi connectivity index (χ1v) is 7.75. The molecule has 0 saturated heterocycles. The molecule has 4 rings (SSSR count). The van der Waals surface area contributed by atoms with Crippen molar-refractivity contribution < 1.29 is 0 Å². The Morgan fingerprint density at radius 3 is 2.68 bits per heavy atom. The zero-order chi connectivity index (χ0) is 14.9. The Morgan fingerprint density at radius 2 is 1.77 bits per heavy atom. The molecule has 2 nitrogen and oxygen atoms in total. The van der Waals surface area contributed by atoms with Gasteiger partial charge in [-0.1, -0.05) is 36.4 Å². The molecule has 0 unspecified atom stereocenters. The van der Waals surface area contributed by atoms with Gasteiger partial charge in [0.15, 0.2) is 0 Å². The number of aryl methyl sites for hydroxylation is 1. The van der Waals surface area contributed by atoms with Gasteiger partial charge in [-0.05, 0) is 60.2 Å². The fourth-order valence-corrected chi connectivity index (χ4v) is 3.19. The van der Waals surface area contributed by atoms with Crippen molar-refractivity contribution in [2.75, 3.05) is 5.73 Å². The first kappa shape index (κ1) is 13.1. The summed E-state index contributed by atoms with van der Waals surface area (Å²) < 4.78 is 0. The second kappa shape index (κ2) is 5.30. The average Bonchev–Trinajstić information content (AvgIpc) is 2.55. The smallest absolute Gasteiger partial charge is 0.0705 e. The van der Waals surface area contributed by atoms with Crippen LogP contribution in [-0.4, -0.2) is 4.98 Å². The Labute approximate surface area is 130 Å². The van der Waals surface area contributed by atoms with Gasteiger partial charge in [-0.15, -0.1) is 0 Å². The van der Waals surface area contributed by atoms with Crippen molar-refractivity contribution >= 4 is 28.2 Å². The van der Waals surface area contributed by atoms with E-state index in [0.29, 0.717) is 0 Å². The summed E-state index contributed by atoms with van der Waals surface area (Å²) in [5.41, 5.74) is 12.9. The first-order valence-electron chi connectivity index (χ1n) is 7.75. The number of nitrogen functional groups attached to an aromatic ring is 1. The number of rotatable bonds is 1. The monoisotopic (exact) mass is 286 g/mol. The lowest BCUT2D eigenvalue weighted by molar-refractivity contribution is 0.800. The van der Waals surface area contributed by atoms with Gasteiger partial charge in [0.2, 0.25) is 0 Å². The molecule has 0 amide bonds. The van der Waals surface area contributed by atoms with Crippen LogP contribution < -0.4 is 5.73 Å². The topological polar surface area (TPSA) is 38.9 Å². The van der Waals surface area contributed by atoms with Crippen molar-refractivity contribution in [3.05, 3.63) is 71.4 Å². The fourth-order valence-electron chi connectivity index (χ4n) is 3.19. The van der Waals surface area contributed by atoms with Crippen LogP contribution >= 0.6 is 0 Å². The number of fused-ring (bicyclic) bond motifs is 2. The molecule has 0 atom stereocenters. The van der Waals surface area contributed by atoms with E-state index >= 15 is 0 Å². The van der Waals surface area contributed by atoms with Gasteiger partial charge in [-0.3, -0.25) is 4.98 Å². The van der Waals surface area contributed by atoms with Gasteiger partial charge in [0.25, 0.3) is 0 Å². The summed E-state index contributed by atoms with van der Waals surface area (Å²) in [6, 6.07) is 18.6. The average molecular weight is 286 g/mol. The second-order valence-electron chi connectivity index (χ2n) is 5.83. The molecule has 0 fully saturated rings. The zero-order valence-electron chi connectivity index (χ0n) is 12.4. The van der Waals surface area contributed by atoms with Gasteiger partial charge in [0, 0.05) is 16.8 Å². The molecule has 0 spiro atoms. The van der Waals surface area contributed by atoms with E-state index in [2.05, 4.69) is 36.4 Å². The third-order valence-electron chi connectivity index (χ3n) is 4.33. The standard InChI is InChI=1S/C20H18N2/c21-18-9-3-1-6-15(18)12-14-8-5-11-20-17(14)13-16-7-2-4-10-19(16)22-20/h1-4,6-7,9-10,12-13H,5,8,11,21H2/b14-12-. The summed E-state index contributed by atoms with van der Waals surface area (Å²) in [5, 5.41) is 1.20. The zero-order valence-corrected chi connectivity index (χ0v) is 12.4. The number of nitrogens with two attached hydrogens (primary N) is 1. The highest BCUT2D eigenvalue weighted by Gasteiger charge is 2.16. The van der Waals surface area contributed by atoms with Crippen molar-refractivity contribution in [3.8, 4) is 0 Å². The molecule has 3 aromatic rings. The molecule has 1 aromatic heterocycles. The van der Waals surface area contributed by atoms with Gasteiger partial charge in [-0.25, -0.2) is 0 Å². The second-order valence-corrected chi connectivity index (χ2v) is 5.83. The molecule has 0 bridgehead atoms. The lowest BCUT2D eigenvalue weighted by atomic mass is 9.88. The molecular formula is C20H18N2. The molecule has 108 valence electrons. The summed E-state index contributed by atoms with van der Waals surface area (Å²) in [6.07, 6.45) is 5.52. The minimum atomic E-state index is 0.830. The molecule has 2 aromatic carbocycles. The number of benzene rings is 2. The maximum Gasteiger partial charge on any atom is 0.0705 e. The maximum atomic E-state index is 6.09. The van der Waals surface area contributed by atoms with Crippen molar-refractivity contribution in [2.45, 2.75) is 19.3 Å². The summed E-state index contributed by atoms with van der Waals surface area (Å²) in [5.74, 6) is 0.